The maximum atomic E-state index is 12.4. The molecule has 3 heterocycles. The Kier molecular flexibility index (Phi) is 3.67. The number of imidazole rings is 1. The molecular weight excluding hydrogens is 290 g/mol. The molecule has 2 aliphatic rings. The smallest absolute Gasteiger partial charge is 0.317 e. The van der Waals surface area contributed by atoms with Crippen molar-refractivity contribution in [3.63, 3.8) is 0 Å². The lowest BCUT2D eigenvalue weighted by Crippen LogP contribution is -2.42. The van der Waals surface area contributed by atoms with E-state index in [2.05, 4.69) is 14.9 Å². The molecule has 1 saturated heterocycles. The van der Waals surface area contributed by atoms with Crippen LogP contribution in [-0.2, 0) is 7.05 Å². The van der Waals surface area contributed by atoms with Gasteiger partial charge in [0.05, 0.1) is 0 Å². The molecule has 1 aliphatic heterocycles. The Morgan fingerprint density at radius 3 is 2.91 bits per heavy atom. The predicted molar refractivity (Wildman–Crippen MR) is 88.2 cm³/mol. The van der Waals surface area contributed by atoms with Gasteiger partial charge in [-0.3, -0.25) is 0 Å². The van der Waals surface area contributed by atoms with Gasteiger partial charge in [-0.05, 0) is 31.4 Å². The summed E-state index contributed by atoms with van der Waals surface area (Å²) in [5, 5.41) is 3.18. The summed E-state index contributed by atoms with van der Waals surface area (Å²) in [5.74, 6) is 1.33. The fourth-order valence-corrected chi connectivity index (χ4v) is 3.90. The second-order valence-electron chi connectivity index (χ2n) is 6.74. The summed E-state index contributed by atoms with van der Waals surface area (Å²) in [6, 6.07) is 4.37. The number of pyridine rings is 1. The van der Waals surface area contributed by atoms with Gasteiger partial charge in [0.15, 0.2) is 5.65 Å². The minimum absolute atomic E-state index is 0.0938. The first-order valence-electron chi connectivity index (χ1n) is 8.55. The number of carbonyl (C=O) groups excluding carboxylic acids is 1. The molecule has 2 aromatic rings. The monoisotopic (exact) mass is 313 g/mol. The van der Waals surface area contributed by atoms with Crippen molar-refractivity contribution in [3.8, 4) is 0 Å². The summed E-state index contributed by atoms with van der Waals surface area (Å²) >= 11 is 0. The normalized spacial score (nSPS) is 22.1. The molecule has 1 atom stereocenters. The van der Waals surface area contributed by atoms with Crippen LogP contribution in [0.1, 0.15) is 43.8 Å². The third kappa shape index (κ3) is 2.66. The Hall–Kier alpha value is -2.11. The number of amides is 2. The van der Waals surface area contributed by atoms with E-state index in [1.54, 1.807) is 6.20 Å². The number of rotatable bonds is 2. The summed E-state index contributed by atoms with van der Waals surface area (Å²) in [5.41, 5.74) is 1.84. The van der Waals surface area contributed by atoms with Gasteiger partial charge >= 0.3 is 6.03 Å². The fourth-order valence-electron chi connectivity index (χ4n) is 3.90. The molecule has 0 radical (unpaired) electrons. The number of nitrogens with zero attached hydrogens (tertiary/aromatic N) is 4. The topological polar surface area (TPSA) is 63.1 Å². The summed E-state index contributed by atoms with van der Waals surface area (Å²) in [6.45, 7) is 1.55. The molecule has 1 N–H and O–H groups in total. The minimum Gasteiger partial charge on any atom is -0.335 e. The van der Waals surface area contributed by atoms with E-state index >= 15 is 0 Å². The highest BCUT2D eigenvalue weighted by atomic mass is 16.2. The third-order valence-corrected chi connectivity index (χ3v) is 5.19. The molecule has 122 valence electrons. The van der Waals surface area contributed by atoms with Crippen LogP contribution in [0, 0.1) is 0 Å². The van der Waals surface area contributed by atoms with Crippen molar-refractivity contribution in [1.82, 2.24) is 24.8 Å². The van der Waals surface area contributed by atoms with Crippen molar-refractivity contribution in [1.29, 1.82) is 0 Å². The van der Waals surface area contributed by atoms with Crippen LogP contribution in [0.4, 0.5) is 4.79 Å². The van der Waals surface area contributed by atoms with E-state index in [9.17, 15) is 4.79 Å². The lowest BCUT2D eigenvalue weighted by atomic mass is 10.1. The van der Waals surface area contributed by atoms with Crippen molar-refractivity contribution >= 4 is 17.2 Å². The molecule has 2 aromatic heterocycles. The fraction of sp³-hybridized carbons (Fsp3) is 0.588. The summed E-state index contributed by atoms with van der Waals surface area (Å²) < 4.78 is 2.07. The molecule has 0 bridgehead atoms. The predicted octanol–water partition coefficient (Wildman–Crippen LogP) is 2.41. The number of likely N-dealkylation sites (tertiary alicyclic amines) is 1. The summed E-state index contributed by atoms with van der Waals surface area (Å²) in [6.07, 6.45) is 7.48. The number of hydrogen-bond acceptors (Lipinski definition) is 3. The van der Waals surface area contributed by atoms with Crippen LogP contribution in [0.25, 0.3) is 11.2 Å². The van der Waals surface area contributed by atoms with Crippen LogP contribution >= 0.6 is 0 Å². The Labute approximate surface area is 135 Å². The van der Waals surface area contributed by atoms with Crippen molar-refractivity contribution in [3.05, 3.63) is 24.2 Å². The Morgan fingerprint density at radius 2 is 2.13 bits per heavy atom. The molecule has 0 unspecified atom stereocenters. The first-order valence-corrected chi connectivity index (χ1v) is 8.55. The molecule has 6 heteroatoms. The van der Waals surface area contributed by atoms with E-state index in [1.165, 1.54) is 12.8 Å². The van der Waals surface area contributed by atoms with Gasteiger partial charge in [-0.1, -0.05) is 12.8 Å². The number of nitrogens with one attached hydrogen (secondary N) is 1. The standard InChI is InChI=1S/C17H23N5O/c1-21-15(20-14-7-4-9-18-16(14)21)12-8-10-22(11-12)17(23)19-13-5-2-3-6-13/h4,7,9,12-13H,2-3,5-6,8,10-11H2,1H3,(H,19,23)/t12-/m1/s1. The Morgan fingerprint density at radius 1 is 1.30 bits per heavy atom. The lowest BCUT2D eigenvalue weighted by molar-refractivity contribution is 0.204. The molecule has 2 fully saturated rings. The average Bonchev–Trinajstić information content (AvgIpc) is 3.28. The molecule has 23 heavy (non-hydrogen) atoms. The largest absolute Gasteiger partial charge is 0.335 e. The molecule has 4 rings (SSSR count). The van der Waals surface area contributed by atoms with Gasteiger partial charge in [0.25, 0.3) is 0 Å². The van der Waals surface area contributed by atoms with Crippen LogP contribution in [0.5, 0.6) is 0 Å². The molecule has 1 aliphatic carbocycles. The van der Waals surface area contributed by atoms with Gasteiger partial charge < -0.3 is 14.8 Å². The van der Waals surface area contributed by atoms with E-state index in [4.69, 9.17) is 4.98 Å². The summed E-state index contributed by atoms with van der Waals surface area (Å²) in [4.78, 5) is 23.5. The molecule has 0 spiro atoms. The second kappa shape index (κ2) is 5.83. The molecule has 1 saturated carbocycles. The average molecular weight is 313 g/mol. The van der Waals surface area contributed by atoms with E-state index in [1.807, 2.05) is 24.1 Å². The zero-order valence-corrected chi connectivity index (χ0v) is 13.5. The van der Waals surface area contributed by atoms with Crippen LogP contribution in [0.2, 0.25) is 0 Å². The second-order valence-corrected chi connectivity index (χ2v) is 6.74. The van der Waals surface area contributed by atoms with Crippen LogP contribution in [0.3, 0.4) is 0 Å². The first-order chi connectivity index (χ1) is 11.2. The zero-order chi connectivity index (χ0) is 15.8. The molecule has 2 amide bonds. The van der Waals surface area contributed by atoms with E-state index in [0.29, 0.717) is 12.0 Å². The highest BCUT2D eigenvalue weighted by molar-refractivity contribution is 5.75. The highest BCUT2D eigenvalue weighted by Gasteiger charge is 2.31. The third-order valence-electron chi connectivity index (χ3n) is 5.19. The van der Waals surface area contributed by atoms with Gasteiger partial charge in [0.1, 0.15) is 11.3 Å². The Balaban J connectivity index is 1.46. The summed E-state index contributed by atoms with van der Waals surface area (Å²) in [7, 11) is 2.01. The van der Waals surface area contributed by atoms with Crippen molar-refractivity contribution in [2.75, 3.05) is 13.1 Å². The SMILES string of the molecule is Cn1c([C@@H]2CCN(C(=O)NC3CCCC3)C2)nc2cccnc21. The molecule has 6 nitrogen and oxygen atoms in total. The van der Waals surface area contributed by atoms with Gasteiger partial charge in [0.2, 0.25) is 0 Å². The van der Waals surface area contributed by atoms with Crippen LogP contribution < -0.4 is 5.32 Å². The van der Waals surface area contributed by atoms with Crippen molar-refractivity contribution in [2.24, 2.45) is 7.05 Å². The highest BCUT2D eigenvalue weighted by Crippen LogP contribution is 2.28. The van der Waals surface area contributed by atoms with Crippen molar-refractivity contribution in [2.45, 2.75) is 44.1 Å². The number of aryl methyl sites for hydroxylation is 1. The quantitative estimate of drug-likeness (QED) is 0.926. The maximum absolute atomic E-state index is 12.4. The van der Waals surface area contributed by atoms with Crippen LogP contribution in [0.15, 0.2) is 18.3 Å². The van der Waals surface area contributed by atoms with Gasteiger partial charge in [-0.25, -0.2) is 14.8 Å². The van der Waals surface area contributed by atoms with Crippen molar-refractivity contribution < 1.29 is 4.79 Å². The van der Waals surface area contributed by atoms with Gasteiger partial charge in [-0.2, -0.15) is 0 Å². The van der Waals surface area contributed by atoms with E-state index in [-0.39, 0.29) is 6.03 Å². The van der Waals surface area contributed by atoms with Gasteiger partial charge in [-0.15, -0.1) is 0 Å². The Bertz CT molecular complexity index is 719. The maximum Gasteiger partial charge on any atom is 0.317 e. The van der Waals surface area contributed by atoms with Gasteiger partial charge in [0, 0.05) is 38.3 Å². The van der Waals surface area contributed by atoms with E-state index < -0.39 is 0 Å². The number of urea groups is 1. The minimum atomic E-state index is 0.0938. The first kappa shape index (κ1) is 14.5. The van der Waals surface area contributed by atoms with Crippen LogP contribution in [-0.4, -0.2) is 44.6 Å². The van der Waals surface area contributed by atoms with E-state index in [0.717, 1.165) is 49.3 Å². The number of fused-ring (bicyclic) bond motifs is 1. The number of carbonyl (C=O) groups is 1. The number of aromatic nitrogens is 3. The number of hydrogen-bond donors (Lipinski definition) is 1. The molecule has 0 aromatic carbocycles. The zero-order valence-electron chi connectivity index (χ0n) is 13.5. The molecular formula is C17H23N5O. The lowest BCUT2D eigenvalue weighted by Gasteiger charge is -2.20.